The quantitative estimate of drug-likeness (QED) is 0.935. The van der Waals surface area contributed by atoms with Gasteiger partial charge >= 0.3 is 0 Å². The van der Waals surface area contributed by atoms with Crippen molar-refractivity contribution in [3.63, 3.8) is 0 Å². The highest BCUT2D eigenvalue weighted by atomic mass is 16.5. The number of ether oxygens (including phenoxy) is 1. The molecule has 0 spiro atoms. The summed E-state index contributed by atoms with van der Waals surface area (Å²) in [5, 5.41) is 0. The number of carbonyl (C=O) groups is 2. The lowest BCUT2D eigenvalue weighted by atomic mass is 9.97. The van der Waals surface area contributed by atoms with Crippen molar-refractivity contribution in [2.24, 2.45) is 5.73 Å². The Kier molecular flexibility index (Phi) is 4.86. The maximum absolute atomic E-state index is 13.0. The van der Waals surface area contributed by atoms with Gasteiger partial charge in [-0.05, 0) is 43.7 Å². The van der Waals surface area contributed by atoms with Crippen LogP contribution in [-0.2, 0) is 4.74 Å². The fraction of sp³-hybridized carbons (Fsp3) is 0.300. The van der Waals surface area contributed by atoms with Crippen LogP contribution in [0.4, 0.5) is 0 Å². The average molecular weight is 338 g/mol. The zero-order valence-corrected chi connectivity index (χ0v) is 14.4. The highest BCUT2D eigenvalue weighted by Crippen LogP contribution is 2.31. The Morgan fingerprint density at radius 1 is 1.00 bits per heavy atom. The molecule has 0 aliphatic carbocycles. The SMILES string of the molecule is C[C@@H]1CO[C@@H](c2ccccc2)[C@@H](C)N1C(=O)c1ccc(C(N)=O)cc1. The molecule has 0 aromatic heterocycles. The van der Waals surface area contributed by atoms with Crippen LogP contribution < -0.4 is 5.73 Å². The van der Waals surface area contributed by atoms with Crippen LogP contribution in [0.25, 0.3) is 0 Å². The van der Waals surface area contributed by atoms with Gasteiger partial charge in [-0.3, -0.25) is 9.59 Å². The lowest BCUT2D eigenvalue weighted by molar-refractivity contribution is -0.0806. The fourth-order valence-corrected chi connectivity index (χ4v) is 3.34. The van der Waals surface area contributed by atoms with E-state index in [2.05, 4.69) is 0 Å². The van der Waals surface area contributed by atoms with E-state index in [1.54, 1.807) is 24.3 Å². The zero-order valence-electron chi connectivity index (χ0n) is 14.4. The van der Waals surface area contributed by atoms with E-state index in [0.29, 0.717) is 17.7 Å². The Hall–Kier alpha value is -2.66. The predicted octanol–water partition coefficient (Wildman–Crippen LogP) is 2.78. The predicted molar refractivity (Wildman–Crippen MR) is 95.2 cm³/mol. The van der Waals surface area contributed by atoms with Crippen LogP contribution in [0.3, 0.4) is 0 Å². The topological polar surface area (TPSA) is 72.6 Å². The van der Waals surface area contributed by atoms with Crippen LogP contribution in [0, 0.1) is 0 Å². The van der Waals surface area contributed by atoms with E-state index in [0.717, 1.165) is 5.56 Å². The normalized spacial score (nSPS) is 23.3. The monoisotopic (exact) mass is 338 g/mol. The van der Waals surface area contributed by atoms with E-state index in [9.17, 15) is 9.59 Å². The number of nitrogens with two attached hydrogens (primary N) is 1. The average Bonchev–Trinajstić information content (AvgIpc) is 2.62. The molecule has 1 aliphatic rings. The van der Waals surface area contributed by atoms with Crippen molar-refractivity contribution in [1.82, 2.24) is 4.90 Å². The first-order chi connectivity index (χ1) is 12.0. The number of carbonyl (C=O) groups excluding carboxylic acids is 2. The molecule has 0 unspecified atom stereocenters. The van der Waals surface area contributed by atoms with Crippen LogP contribution in [0.5, 0.6) is 0 Å². The summed E-state index contributed by atoms with van der Waals surface area (Å²) < 4.78 is 6.00. The van der Waals surface area contributed by atoms with Gasteiger partial charge in [-0.1, -0.05) is 30.3 Å². The second-order valence-electron chi connectivity index (χ2n) is 6.41. The van der Waals surface area contributed by atoms with E-state index < -0.39 is 5.91 Å². The first-order valence-corrected chi connectivity index (χ1v) is 8.38. The molecular formula is C20H22N2O3. The summed E-state index contributed by atoms with van der Waals surface area (Å²) in [5.41, 5.74) is 7.25. The summed E-state index contributed by atoms with van der Waals surface area (Å²) >= 11 is 0. The summed E-state index contributed by atoms with van der Waals surface area (Å²) in [6.45, 7) is 4.46. The molecule has 2 N–H and O–H groups in total. The highest BCUT2D eigenvalue weighted by molar-refractivity contribution is 5.97. The fourth-order valence-electron chi connectivity index (χ4n) is 3.34. The van der Waals surface area contributed by atoms with Gasteiger partial charge in [0, 0.05) is 11.1 Å². The third-order valence-corrected chi connectivity index (χ3v) is 4.65. The third-order valence-electron chi connectivity index (χ3n) is 4.65. The molecule has 1 heterocycles. The molecule has 2 amide bonds. The molecular weight excluding hydrogens is 316 g/mol. The number of rotatable bonds is 3. The van der Waals surface area contributed by atoms with Gasteiger partial charge in [0.05, 0.1) is 18.7 Å². The van der Waals surface area contributed by atoms with E-state index in [-0.39, 0.29) is 24.1 Å². The number of primary amides is 1. The second kappa shape index (κ2) is 7.07. The van der Waals surface area contributed by atoms with E-state index in [1.165, 1.54) is 0 Å². The van der Waals surface area contributed by atoms with Crippen LogP contribution in [0.2, 0.25) is 0 Å². The molecule has 1 saturated heterocycles. The molecule has 0 radical (unpaired) electrons. The molecule has 0 bridgehead atoms. The Morgan fingerprint density at radius 3 is 2.20 bits per heavy atom. The Labute approximate surface area is 147 Å². The molecule has 2 aromatic rings. The Balaban J connectivity index is 1.85. The smallest absolute Gasteiger partial charge is 0.254 e. The van der Waals surface area contributed by atoms with Gasteiger partial charge in [0.25, 0.3) is 5.91 Å². The zero-order chi connectivity index (χ0) is 18.0. The number of hydrogen-bond donors (Lipinski definition) is 1. The minimum atomic E-state index is -0.503. The minimum Gasteiger partial charge on any atom is -0.369 e. The maximum atomic E-state index is 13.0. The van der Waals surface area contributed by atoms with Gasteiger partial charge in [0.15, 0.2) is 0 Å². The van der Waals surface area contributed by atoms with E-state index >= 15 is 0 Å². The van der Waals surface area contributed by atoms with E-state index in [1.807, 2.05) is 49.1 Å². The molecule has 2 aromatic carbocycles. The van der Waals surface area contributed by atoms with Crippen LogP contribution in [-0.4, -0.2) is 35.4 Å². The second-order valence-corrected chi connectivity index (χ2v) is 6.41. The summed E-state index contributed by atoms with van der Waals surface area (Å²) in [7, 11) is 0. The highest BCUT2D eigenvalue weighted by Gasteiger charge is 2.37. The Bertz CT molecular complexity index is 758. The van der Waals surface area contributed by atoms with Gasteiger partial charge < -0.3 is 15.4 Å². The summed E-state index contributed by atoms with van der Waals surface area (Å²) in [4.78, 5) is 26.1. The van der Waals surface area contributed by atoms with Crippen molar-refractivity contribution >= 4 is 11.8 Å². The van der Waals surface area contributed by atoms with Gasteiger partial charge in [-0.15, -0.1) is 0 Å². The number of morpholine rings is 1. The number of nitrogens with zero attached hydrogens (tertiary/aromatic N) is 1. The molecule has 1 fully saturated rings. The lowest BCUT2D eigenvalue weighted by Gasteiger charge is -2.44. The summed E-state index contributed by atoms with van der Waals surface area (Å²) in [6, 6.07) is 16.3. The van der Waals surface area contributed by atoms with Gasteiger partial charge in [0.1, 0.15) is 6.10 Å². The van der Waals surface area contributed by atoms with Crippen LogP contribution in [0.15, 0.2) is 54.6 Å². The third kappa shape index (κ3) is 3.42. The molecule has 130 valence electrons. The van der Waals surface area contributed by atoms with Crippen molar-refractivity contribution in [1.29, 1.82) is 0 Å². The van der Waals surface area contributed by atoms with E-state index in [4.69, 9.17) is 10.5 Å². The molecule has 3 rings (SSSR count). The number of amides is 2. The minimum absolute atomic E-state index is 0.0294. The largest absolute Gasteiger partial charge is 0.369 e. The van der Waals surface area contributed by atoms with Crippen LogP contribution >= 0.6 is 0 Å². The molecule has 0 saturated carbocycles. The Morgan fingerprint density at radius 2 is 1.60 bits per heavy atom. The molecule has 1 aliphatic heterocycles. The van der Waals surface area contributed by atoms with Crippen molar-refractivity contribution in [3.05, 3.63) is 71.3 Å². The first kappa shape index (κ1) is 17.2. The standard InChI is InChI=1S/C20H22N2O3/c1-13-12-25-18(15-6-4-3-5-7-15)14(2)22(13)20(24)17-10-8-16(9-11-17)19(21)23/h3-11,13-14,18H,12H2,1-2H3,(H2,21,23)/t13-,14-,18-/m1/s1. The summed E-state index contributed by atoms with van der Waals surface area (Å²) in [6.07, 6.45) is -0.161. The van der Waals surface area contributed by atoms with Gasteiger partial charge in [-0.25, -0.2) is 0 Å². The van der Waals surface area contributed by atoms with Crippen molar-refractivity contribution in [2.75, 3.05) is 6.61 Å². The van der Waals surface area contributed by atoms with Crippen molar-refractivity contribution in [2.45, 2.75) is 32.0 Å². The van der Waals surface area contributed by atoms with Gasteiger partial charge in [-0.2, -0.15) is 0 Å². The number of hydrogen-bond acceptors (Lipinski definition) is 3. The van der Waals surface area contributed by atoms with Gasteiger partial charge in [0.2, 0.25) is 5.91 Å². The molecule has 25 heavy (non-hydrogen) atoms. The number of benzene rings is 2. The maximum Gasteiger partial charge on any atom is 0.254 e. The van der Waals surface area contributed by atoms with Crippen LogP contribution in [0.1, 0.15) is 46.2 Å². The first-order valence-electron chi connectivity index (χ1n) is 8.38. The molecule has 5 nitrogen and oxygen atoms in total. The summed E-state index contributed by atoms with van der Waals surface area (Å²) in [5.74, 6) is -0.573. The lowest BCUT2D eigenvalue weighted by Crippen LogP contribution is -2.53. The molecule has 5 heteroatoms. The van der Waals surface area contributed by atoms with Crippen molar-refractivity contribution in [3.8, 4) is 0 Å². The van der Waals surface area contributed by atoms with Crippen molar-refractivity contribution < 1.29 is 14.3 Å². The molecule has 3 atom stereocenters.